The van der Waals surface area contributed by atoms with Crippen LogP contribution in [0.5, 0.6) is 0 Å². The average molecular weight is 363 g/mol. The number of aldehydes is 1. The highest BCUT2D eigenvalue weighted by molar-refractivity contribution is 9.10. The Morgan fingerprint density at radius 2 is 2.10 bits per heavy atom. The Hall–Kier alpha value is -1.98. The van der Waals surface area contributed by atoms with Crippen LogP contribution >= 0.6 is 27.5 Å². The fraction of sp³-hybridized carbons (Fsp3) is 0. The van der Waals surface area contributed by atoms with Crippen molar-refractivity contribution in [2.45, 2.75) is 0 Å². The molecule has 21 heavy (non-hydrogen) atoms. The summed E-state index contributed by atoms with van der Waals surface area (Å²) in [5.41, 5.74) is 1.86. The molecule has 3 aromatic rings. The van der Waals surface area contributed by atoms with Gasteiger partial charge in [0.2, 0.25) is 0 Å². The minimum absolute atomic E-state index is 0.488. The molecular weight excluding hydrogens is 354 g/mol. The van der Waals surface area contributed by atoms with Gasteiger partial charge in [-0.1, -0.05) is 23.7 Å². The van der Waals surface area contributed by atoms with Crippen molar-refractivity contribution in [2.75, 3.05) is 0 Å². The quantitative estimate of drug-likeness (QED) is 0.657. The summed E-state index contributed by atoms with van der Waals surface area (Å²) in [6.45, 7) is 0. The normalized spacial score (nSPS) is 10.6. The highest BCUT2D eigenvalue weighted by atomic mass is 79.9. The molecule has 0 spiro atoms. The number of halogens is 2. The lowest BCUT2D eigenvalue weighted by atomic mass is 10.1. The number of benzene rings is 1. The molecule has 0 saturated carbocycles. The predicted octanol–water partition coefficient (Wildman–Crippen LogP) is 4.16. The number of aromatic nitrogens is 3. The van der Waals surface area contributed by atoms with Crippen LogP contribution in [0.3, 0.4) is 0 Å². The second kappa shape index (κ2) is 5.79. The van der Waals surface area contributed by atoms with Crippen molar-refractivity contribution < 1.29 is 4.79 Å². The Balaban J connectivity index is 2.10. The van der Waals surface area contributed by atoms with Crippen molar-refractivity contribution in [1.82, 2.24) is 14.8 Å². The maximum Gasteiger partial charge on any atom is 0.153 e. The third kappa shape index (κ3) is 2.89. The molecule has 2 heterocycles. The fourth-order valence-electron chi connectivity index (χ4n) is 1.95. The lowest BCUT2D eigenvalue weighted by Crippen LogP contribution is -1.97. The second-order valence-corrected chi connectivity index (χ2v) is 5.69. The first-order valence-electron chi connectivity index (χ1n) is 6.10. The van der Waals surface area contributed by atoms with E-state index in [1.54, 1.807) is 29.2 Å². The van der Waals surface area contributed by atoms with E-state index >= 15 is 0 Å². The Morgan fingerprint density at radius 1 is 1.24 bits per heavy atom. The summed E-state index contributed by atoms with van der Waals surface area (Å²) in [6.07, 6.45) is 4.11. The van der Waals surface area contributed by atoms with Crippen LogP contribution in [0.1, 0.15) is 10.4 Å². The first-order chi connectivity index (χ1) is 10.2. The molecule has 0 aliphatic rings. The monoisotopic (exact) mass is 361 g/mol. The number of hydrogen-bond acceptors (Lipinski definition) is 3. The van der Waals surface area contributed by atoms with Gasteiger partial charge in [-0.25, -0.2) is 9.67 Å². The smallest absolute Gasteiger partial charge is 0.153 e. The van der Waals surface area contributed by atoms with E-state index in [0.29, 0.717) is 22.1 Å². The van der Waals surface area contributed by atoms with E-state index in [0.717, 1.165) is 16.3 Å². The lowest BCUT2D eigenvalue weighted by molar-refractivity contribution is 0.112. The maximum atomic E-state index is 11.3. The van der Waals surface area contributed by atoms with Crippen LogP contribution in [0.4, 0.5) is 0 Å². The summed E-state index contributed by atoms with van der Waals surface area (Å²) in [6, 6.07) is 10.9. The number of carbonyl (C=O) groups is 1. The molecule has 0 bridgehead atoms. The molecule has 0 N–H and O–H groups in total. The number of rotatable bonds is 3. The van der Waals surface area contributed by atoms with Gasteiger partial charge in [-0.05, 0) is 40.2 Å². The molecule has 3 rings (SSSR count). The van der Waals surface area contributed by atoms with Gasteiger partial charge in [-0.2, -0.15) is 5.10 Å². The minimum Gasteiger partial charge on any atom is -0.298 e. The van der Waals surface area contributed by atoms with Gasteiger partial charge in [-0.15, -0.1) is 0 Å². The molecule has 0 unspecified atom stereocenters. The van der Waals surface area contributed by atoms with Crippen LogP contribution in [0.25, 0.3) is 17.1 Å². The van der Waals surface area contributed by atoms with Crippen molar-refractivity contribution in [3.05, 3.63) is 63.9 Å². The van der Waals surface area contributed by atoms with Gasteiger partial charge < -0.3 is 0 Å². The SMILES string of the molecule is O=Cc1cn(-c2ccc(Br)cn2)nc1-c1cccc(Cl)c1. The number of hydrogen-bond donors (Lipinski definition) is 0. The molecule has 0 saturated heterocycles. The zero-order valence-corrected chi connectivity index (χ0v) is 13.0. The Labute approximate surface area is 134 Å². The molecular formula is C15H9BrClN3O. The first-order valence-corrected chi connectivity index (χ1v) is 7.27. The van der Waals surface area contributed by atoms with E-state index < -0.39 is 0 Å². The molecule has 104 valence electrons. The van der Waals surface area contributed by atoms with Gasteiger partial charge in [0, 0.05) is 27.5 Å². The van der Waals surface area contributed by atoms with Crippen molar-refractivity contribution in [2.24, 2.45) is 0 Å². The number of pyridine rings is 1. The molecule has 0 atom stereocenters. The molecule has 4 nitrogen and oxygen atoms in total. The van der Waals surface area contributed by atoms with E-state index in [2.05, 4.69) is 26.0 Å². The van der Waals surface area contributed by atoms with Gasteiger partial charge >= 0.3 is 0 Å². The van der Waals surface area contributed by atoms with Gasteiger partial charge in [0.05, 0.1) is 5.56 Å². The standard InChI is InChI=1S/C15H9BrClN3O/c16-12-4-5-14(18-7-12)20-8-11(9-21)15(19-20)10-2-1-3-13(17)6-10/h1-9H. The van der Waals surface area contributed by atoms with E-state index in [9.17, 15) is 4.79 Å². The molecule has 1 aromatic carbocycles. The summed E-state index contributed by atoms with van der Waals surface area (Å²) in [4.78, 5) is 15.5. The van der Waals surface area contributed by atoms with Crippen LogP contribution in [-0.2, 0) is 0 Å². The van der Waals surface area contributed by atoms with E-state index in [4.69, 9.17) is 11.6 Å². The van der Waals surface area contributed by atoms with Gasteiger partial charge in [0.1, 0.15) is 5.69 Å². The lowest BCUT2D eigenvalue weighted by Gasteiger charge is -2.00. The van der Waals surface area contributed by atoms with E-state index in [-0.39, 0.29) is 0 Å². The van der Waals surface area contributed by atoms with Gasteiger partial charge in [0.25, 0.3) is 0 Å². The van der Waals surface area contributed by atoms with Crippen LogP contribution < -0.4 is 0 Å². The molecule has 0 aliphatic carbocycles. The summed E-state index contributed by atoms with van der Waals surface area (Å²) >= 11 is 9.32. The summed E-state index contributed by atoms with van der Waals surface area (Å²) in [5.74, 6) is 0.634. The maximum absolute atomic E-state index is 11.3. The third-order valence-corrected chi connectivity index (χ3v) is 3.62. The van der Waals surface area contributed by atoms with Crippen molar-refractivity contribution in [1.29, 1.82) is 0 Å². The molecule has 6 heteroatoms. The highest BCUT2D eigenvalue weighted by Gasteiger charge is 2.12. The third-order valence-electron chi connectivity index (χ3n) is 2.91. The summed E-state index contributed by atoms with van der Waals surface area (Å²) in [7, 11) is 0. The molecule has 0 amide bonds. The zero-order chi connectivity index (χ0) is 14.8. The highest BCUT2D eigenvalue weighted by Crippen LogP contribution is 2.25. The van der Waals surface area contributed by atoms with Crippen LogP contribution in [-0.4, -0.2) is 21.1 Å². The summed E-state index contributed by atoms with van der Waals surface area (Å²) in [5, 5.41) is 5.04. The molecule has 2 aromatic heterocycles. The topological polar surface area (TPSA) is 47.8 Å². The molecule has 0 fully saturated rings. The number of nitrogens with zero attached hydrogens (tertiary/aromatic N) is 3. The van der Waals surface area contributed by atoms with Crippen LogP contribution in [0, 0.1) is 0 Å². The van der Waals surface area contributed by atoms with Crippen molar-refractivity contribution >= 4 is 33.8 Å². The van der Waals surface area contributed by atoms with Gasteiger partial charge in [0.15, 0.2) is 12.1 Å². The van der Waals surface area contributed by atoms with E-state index in [1.165, 1.54) is 0 Å². The van der Waals surface area contributed by atoms with Crippen LogP contribution in [0.2, 0.25) is 5.02 Å². The fourth-order valence-corrected chi connectivity index (χ4v) is 2.38. The van der Waals surface area contributed by atoms with Crippen molar-refractivity contribution in [3.63, 3.8) is 0 Å². The van der Waals surface area contributed by atoms with E-state index in [1.807, 2.05) is 24.3 Å². The first kappa shape index (κ1) is 14.0. The Morgan fingerprint density at radius 3 is 2.76 bits per heavy atom. The Kier molecular flexibility index (Phi) is 3.86. The molecule has 0 radical (unpaired) electrons. The average Bonchev–Trinajstić information content (AvgIpc) is 2.92. The zero-order valence-electron chi connectivity index (χ0n) is 10.7. The number of carbonyl (C=O) groups excluding carboxylic acids is 1. The summed E-state index contributed by atoms with van der Waals surface area (Å²) < 4.78 is 2.45. The van der Waals surface area contributed by atoms with Crippen LogP contribution in [0.15, 0.2) is 53.3 Å². The predicted molar refractivity (Wildman–Crippen MR) is 84.9 cm³/mol. The largest absolute Gasteiger partial charge is 0.298 e. The Bertz CT molecular complexity index is 799. The van der Waals surface area contributed by atoms with Gasteiger partial charge in [-0.3, -0.25) is 4.79 Å². The minimum atomic E-state index is 0.488. The molecule has 0 aliphatic heterocycles. The van der Waals surface area contributed by atoms with Crippen molar-refractivity contribution in [3.8, 4) is 17.1 Å². The second-order valence-electron chi connectivity index (χ2n) is 4.34.